The fourth-order valence-electron chi connectivity index (χ4n) is 9.03. The first-order chi connectivity index (χ1) is 23.1. The van der Waals surface area contributed by atoms with Gasteiger partial charge < -0.3 is 19.9 Å². The summed E-state index contributed by atoms with van der Waals surface area (Å²) >= 11 is 0. The molecule has 4 fully saturated rings. The number of benzene rings is 2. The van der Waals surface area contributed by atoms with Crippen molar-refractivity contribution in [3.63, 3.8) is 0 Å². The van der Waals surface area contributed by atoms with E-state index in [0.717, 1.165) is 48.9 Å². The quantitative estimate of drug-likeness (QED) is 0.331. The van der Waals surface area contributed by atoms with E-state index in [1.807, 2.05) is 37.3 Å². The van der Waals surface area contributed by atoms with E-state index in [9.17, 15) is 14.0 Å². The van der Waals surface area contributed by atoms with Crippen molar-refractivity contribution in [2.75, 3.05) is 57.8 Å². The van der Waals surface area contributed by atoms with Gasteiger partial charge in [-0.3, -0.25) is 14.5 Å². The van der Waals surface area contributed by atoms with Crippen LogP contribution in [-0.2, 0) is 9.59 Å². The number of piperidine rings is 1. The van der Waals surface area contributed by atoms with E-state index in [4.69, 9.17) is 4.74 Å². The zero-order valence-electron chi connectivity index (χ0n) is 29.2. The molecule has 0 spiro atoms. The lowest BCUT2D eigenvalue weighted by atomic mass is 9.85. The summed E-state index contributed by atoms with van der Waals surface area (Å²) in [5, 5.41) is 2.94. The molecule has 2 amide bonds. The van der Waals surface area contributed by atoms with E-state index in [1.54, 1.807) is 18.1 Å². The lowest BCUT2D eigenvalue weighted by Gasteiger charge is -2.35. The van der Waals surface area contributed by atoms with Crippen LogP contribution in [0.5, 0.6) is 5.75 Å². The van der Waals surface area contributed by atoms with Crippen molar-refractivity contribution >= 4 is 17.5 Å². The summed E-state index contributed by atoms with van der Waals surface area (Å²) in [6.45, 7) is 9.81. The molecule has 262 valence electrons. The van der Waals surface area contributed by atoms with Crippen LogP contribution >= 0.6 is 0 Å². The van der Waals surface area contributed by atoms with Crippen molar-refractivity contribution in [3.8, 4) is 5.75 Å². The van der Waals surface area contributed by atoms with Gasteiger partial charge in [0.15, 0.2) is 0 Å². The number of methoxy groups -OCH3 is 1. The molecule has 7 nitrogen and oxygen atoms in total. The molecule has 6 rings (SSSR count). The number of nitrogens with zero attached hydrogens (tertiary/aromatic N) is 3. The fraction of sp³-hybridized carbons (Fsp3) is 0.641. The lowest BCUT2D eigenvalue weighted by molar-refractivity contribution is -0.143. The summed E-state index contributed by atoms with van der Waals surface area (Å²) in [6, 6.07) is 12.8. The van der Waals surface area contributed by atoms with Crippen molar-refractivity contribution in [3.05, 3.63) is 59.4 Å². The Hall–Kier alpha value is -3.20. The minimum absolute atomic E-state index is 0.0314. The van der Waals surface area contributed by atoms with Gasteiger partial charge in [0.2, 0.25) is 11.6 Å². The number of amides is 2. The Labute approximate surface area is 285 Å². The van der Waals surface area contributed by atoms with Crippen LogP contribution < -0.4 is 15.0 Å². The van der Waals surface area contributed by atoms with Crippen LogP contribution in [0.25, 0.3) is 0 Å². The smallest absolute Gasteiger partial charge is 0.262 e. The number of carbonyl (C=O) groups excluding carboxylic acids is 2. The molecule has 0 radical (unpaired) electrons. The maximum atomic E-state index is 17.8. The van der Waals surface area contributed by atoms with E-state index in [0.29, 0.717) is 69.8 Å². The number of nitrogens with one attached hydrogen (secondary N) is 1. The SMILES string of the molecule is CCNC(=O)C1CCN(c2cc(F)ccc2[C@H]2CN(C(=O)[C@]3(F)CN([C@H]4CC[C@H](C)CC4)C[C@H]3c3ccc(OC)cc3)C[C@@H]2CC)CC1. The van der Waals surface area contributed by atoms with Gasteiger partial charge in [-0.1, -0.05) is 38.5 Å². The van der Waals surface area contributed by atoms with Gasteiger partial charge in [0.05, 0.1) is 7.11 Å². The lowest BCUT2D eigenvalue weighted by Crippen LogP contribution is -2.50. The molecule has 0 aromatic heterocycles. The molecular formula is C39H54F2N4O3. The number of likely N-dealkylation sites (tertiary alicyclic amines) is 2. The number of alkyl halides is 1. The summed E-state index contributed by atoms with van der Waals surface area (Å²) in [7, 11) is 1.62. The normalized spacial score (nSPS) is 30.1. The molecule has 2 aromatic rings. The van der Waals surface area contributed by atoms with Crippen LogP contribution in [0.2, 0.25) is 0 Å². The maximum Gasteiger partial charge on any atom is 0.262 e. The Morgan fingerprint density at radius 3 is 2.31 bits per heavy atom. The van der Waals surface area contributed by atoms with E-state index in [1.165, 1.54) is 6.07 Å². The molecular weight excluding hydrogens is 610 g/mol. The average Bonchev–Trinajstić information content (AvgIpc) is 3.70. The van der Waals surface area contributed by atoms with Crippen molar-refractivity contribution in [2.24, 2.45) is 17.8 Å². The van der Waals surface area contributed by atoms with Crippen molar-refractivity contribution in [1.29, 1.82) is 0 Å². The number of anilines is 1. The van der Waals surface area contributed by atoms with Crippen LogP contribution in [0.15, 0.2) is 42.5 Å². The number of ether oxygens (including phenoxy) is 1. The van der Waals surface area contributed by atoms with Crippen LogP contribution in [0, 0.1) is 23.6 Å². The summed E-state index contributed by atoms with van der Waals surface area (Å²) in [4.78, 5) is 33.3. The highest BCUT2D eigenvalue weighted by atomic mass is 19.1. The Morgan fingerprint density at radius 1 is 0.958 bits per heavy atom. The standard InChI is InChI=1S/C39H54F2N4O3/c1-5-27-22-44(23-34(27)33-16-11-30(40)21-36(33)43-19-17-29(18-20-43)37(46)42-6-2)38(47)39(41)25-45(31-12-7-26(3)8-13-31)24-35(39)28-9-14-32(48-4)15-10-28/h9-11,14-16,21,26-27,29,31,34-35H,5-8,12-13,17-20,22-25H2,1-4H3,(H,42,46)/t26-,27-,31-,34-,35-,39-/m0/s1. The second-order valence-corrected chi connectivity index (χ2v) is 14.9. The van der Waals surface area contributed by atoms with Gasteiger partial charge >= 0.3 is 0 Å². The Morgan fingerprint density at radius 2 is 1.67 bits per heavy atom. The molecule has 1 aliphatic carbocycles. The molecule has 3 heterocycles. The predicted octanol–water partition coefficient (Wildman–Crippen LogP) is 6.53. The van der Waals surface area contributed by atoms with Crippen molar-refractivity contribution < 1.29 is 23.1 Å². The predicted molar refractivity (Wildman–Crippen MR) is 186 cm³/mol. The first-order valence-corrected chi connectivity index (χ1v) is 18.3. The van der Waals surface area contributed by atoms with E-state index in [-0.39, 0.29) is 36.0 Å². The minimum Gasteiger partial charge on any atom is -0.497 e. The van der Waals surface area contributed by atoms with E-state index in [2.05, 4.69) is 29.0 Å². The Balaban J connectivity index is 1.24. The third-order valence-electron chi connectivity index (χ3n) is 12.0. The third-order valence-corrected chi connectivity index (χ3v) is 12.0. The first kappa shape index (κ1) is 34.7. The number of carbonyl (C=O) groups is 2. The summed E-state index contributed by atoms with van der Waals surface area (Å²) in [6.07, 6.45) is 6.60. The number of hydrogen-bond acceptors (Lipinski definition) is 5. The second-order valence-electron chi connectivity index (χ2n) is 14.9. The number of rotatable bonds is 9. The molecule has 3 aliphatic heterocycles. The van der Waals surface area contributed by atoms with Gasteiger partial charge in [-0.15, -0.1) is 0 Å². The molecule has 0 unspecified atom stereocenters. The summed E-state index contributed by atoms with van der Waals surface area (Å²) in [5.41, 5.74) is 0.640. The van der Waals surface area contributed by atoms with Gasteiger partial charge in [0.25, 0.3) is 5.91 Å². The van der Waals surface area contributed by atoms with Gasteiger partial charge in [-0.05, 0) is 92.7 Å². The largest absolute Gasteiger partial charge is 0.497 e. The summed E-state index contributed by atoms with van der Waals surface area (Å²) < 4.78 is 37.9. The van der Waals surface area contributed by atoms with Crippen LogP contribution in [-0.4, -0.2) is 86.2 Å². The monoisotopic (exact) mass is 664 g/mol. The molecule has 4 aliphatic rings. The molecule has 1 saturated carbocycles. The molecule has 48 heavy (non-hydrogen) atoms. The Bertz CT molecular complexity index is 1420. The van der Waals surface area contributed by atoms with Crippen LogP contribution in [0.4, 0.5) is 14.5 Å². The summed E-state index contributed by atoms with van der Waals surface area (Å²) in [5.74, 6) is 0.266. The molecule has 0 bridgehead atoms. The van der Waals surface area contributed by atoms with E-state index < -0.39 is 17.5 Å². The van der Waals surface area contributed by atoms with E-state index >= 15 is 4.39 Å². The Kier molecular flexibility index (Phi) is 10.6. The zero-order chi connectivity index (χ0) is 34.0. The van der Waals surface area contributed by atoms with Crippen LogP contribution in [0.3, 0.4) is 0 Å². The highest BCUT2D eigenvalue weighted by Gasteiger charge is 2.57. The highest BCUT2D eigenvalue weighted by molar-refractivity contribution is 5.88. The average molecular weight is 665 g/mol. The van der Waals surface area contributed by atoms with Gasteiger partial charge in [0, 0.05) is 75.3 Å². The highest BCUT2D eigenvalue weighted by Crippen LogP contribution is 2.47. The first-order valence-electron chi connectivity index (χ1n) is 18.3. The maximum absolute atomic E-state index is 17.8. The van der Waals surface area contributed by atoms with Gasteiger partial charge in [-0.25, -0.2) is 8.78 Å². The molecule has 1 N–H and O–H groups in total. The van der Waals surface area contributed by atoms with Crippen molar-refractivity contribution in [2.45, 2.75) is 89.3 Å². The van der Waals surface area contributed by atoms with Crippen molar-refractivity contribution in [1.82, 2.24) is 15.1 Å². The fourth-order valence-corrected chi connectivity index (χ4v) is 9.03. The topological polar surface area (TPSA) is 65.1 Å². The molecule has 9 heteroatoms. The zero-order valence-corrected chi connectivity index (χ0v) is 29.2. The number of halogens is 2. The molecule has 3 saturated heterocycles. The van der Waals surface area contributed by atoms with Gasteiger partial charge in [0.1, 0.15) is 11.6 Å². The molecule has 4 atom stereocenters. The number of hydrogen-bond donors (Lipinski definition) is 1. The van der Waals surface area contributed by atoms with Gasteiger partial charge in [-0.2, -0.15) is 0 Å². The molecule has 2 aromatic carbocycles. The minimum atomic E-state index is -2.04. The second kappa shape index (κ2) is 14.7. The van der Waals surface area contributed by atoms with Crippen LogP contribution in [0.1, 0.15) is 88.7 Å². The third kappa shape index (κ3) is 6.94.